The molecule has 168 valence electrons. The Kier molecular flexibility index (Phi) is 6.33. The Bertz CT molecular complexity index is 1080. The highest BCUT2D eigenvalue weighted by Gasteiger charge is 2.30. The number of thiazole rings is 1. The summed E-state index contributed by atoms with van der Waals surface area (Å²) < 4.78 is 1.18. The molecule has 1 aliphatic rings. The van der Waals surface area contributed by atoms with Crippen LogP contribution >= 0.6 is 11.3 Å². The van der Waals surface area contributed by atoms with Crippen LogP contribution in [-0.4, -0.2) is 40.8 Å². The van der Waals surface area contributed by atoms with Gasteiger partial charge in [-0.2, -0.15) is 0 Å². The number of hydrogen-bond acceptors (Lipinski definition) is 4. The zero-order chi connectivity index (χ0) is 22.9. The Labute approximate surface area is 193 Å². The first-order chi connectivity index (χ1) is 15.2. The van der Waals surface area contributed by atoms with Crippen molar-refractivity contribution in [2.75, 3.05) is 13.1 Å². The van der Waals surface area contributed by atoms with Gasteiger partial charge in [0.25, 0.3) is 5.91 Å². The molecule has 0 saturated carbocycles. The molecule has 3 aromatic rings. The number of likely N-dealkylation sites (tertiary alicyclic amines) is 1. The van der Waals surface area contributed by atoms with Crippen LogP contribution in [0, 0.1) is 0 Å². The lowest BCUT2D eigenvalue weighted by atomic mass is 9.86. The molecule has 1 fully saturated rings. The highest BCUT2D eigenvalue weighted by molar-refractivity contribution is 7.18. The van der Waals surface area contributed by atoms with E-state index in [0.717, 1.165) is 29.9 Å². The van der Waals surface area contributed by atoms with E-state index in [1.165, 1.54) is 10.3 Å². The van der Waals surface area contributed by atoms with Crippen molar-refractivity contribution in [2.45, 2.75) is 57.9 Å². The van der Waals surface area contributed by atoms with Gasteiger partial charge >= 0.3 is 0 Å². The van der Waals surface area contributed by atoms with Gasteiger partial charge < -0.3 is 10.2 Å². The quantitative estimate of drug-likeness (QED) is 0.601. The van der Waals surface area contributed by atoms with Gasteiger partial charge in [0.05, 0.1) is 15.2 Å². The molecule has 0 bridgehead atoms. The summed E-state index contributed by atoms with van der Waals surface area (Å²) >= 11 is 1.72. The second-order valence-electron chi connectivity index (χ2n) is 9.67. The lowest BCUT2D eigenvalue weighted by Gasteiger charge is -2.33. The molecule has 1 aromatic heterocycles. The number of carbonyl (C=O) groups excluding carboxylic acids is 2. The predicted octanol–water partition coefficient (Wildman–Crippen LogP) is 5.12. The summed E-state index contributed by atoms with van der Waals surface area (Å²) in [5, 5.41) is 3.98. The number of nitrogens with zero attached hydrogens (tertiary/aromatic N) is 2. The fourth-order valence-electron chi connectivity index (χ4n) is 4.18. The number of benzene rings is 2. The monoisotopic (exact) mass is 449 g/mol. The number of piperidine rings is 1. The fourth-order valence-corrected chi connectivity index (χ4v) is 5.27. The van der Waals surface area contributed by atoms with E-state index >= 15 is 0 Å². The molecule has 1 aliphatic heterocycles. The molecule has 2 atom stereocenters. The molecule has 2 amide bonds. The Morgan fingerprint density at radius 3 is 2.53 bits per heavy atom. The minimum Gasteiger partial charge on any atom is -0.341 e. The third kappa shape index (κ3) is 4.85. The minimum absolute atomic E-state index is 0.0320. The number of carbonyl (C=O) groups is 2. The highest BCUT2D eigenvalue weighted by Crippen LogP contribution is 2.33. The minimum atomic E-state index is -0.570. The van der Waals surface area contributed by atoms with Crippen molar-refractivity contribution in [2.24, 2.45) is 0 Å². The Hall–Kier alpha value is -2.73. The van der Waals surface area contributed by atoms with Crippen LogP contribution in [0.15, 0.2) is 48.5 Å². The summed E-state index contributed by atoms with van der Waals surface area (Å²) in [6.45, 7) is 9.57. The molecule has 2 aromatic carbocycles. The second kappa shape index (κ2) is 9.02. The normalized spacial score (nSPS) is 17.9. The maximum absolute atomic E-state index is 13.1. The maximum atomic E-state index is 13.1. The van der Waals surface area contributed by atoms with Crippen LogP contribution < -0.4 is 5.32 Å². The molecule has 2 heterocycles. The van der Waals surface area contributed by atoms with E-state index in [4.69, 9.17) is 4.98 Å². The van der Waals surface area contributed by atoms with Crippen molar-refractivity contribution in [3.05, 3.63) is 64.7 Å². The number of hydrogen-bond donors (Lipinski definition) is 1. The van der Waals surface area contributed by atoms with Crippen molar-refractivity contribution in [1.82, 2.24) is 15.2 Å². The predicted molar refractivity (Wildman–Crippen MR) is 130 cm³/mol. The fraction of sp³-hybridized carbons (Fsp3) is 0.423. The van der Waals surface area contributed by atoms with Crippen molar-refractivity contribution in [1.29, 1.82) is 0 Å². The third-order valence-corrected chi connectivity index (χ3v) is 7.32. The summed E-state index contributed by atoms with van der Waals surface area (Å²) in [7, 11) is 0. The van der Waals surface area contributed by atoms with E-state index in [1.807, 2.05) is 47.4 Å². The van der Waals surface area contributed by atoms with Gasteiger partial charge in [-0.3, -0.25) is 9.59 Å². The number of nitrogens with one attached hydrogen (secondary N) is 1. The summed E-state index contributed by atoms with van der Waals surface area (Å²) in [6, 6.07) is 15.2. The van der Waals surface area contributed by atoms with E-state index < -0.39 is 6.04 Å². The second-order valence-corrected chi connectivity index (χ2v) is 10.7. The molecule has 4 rings (SSSR count). The van der Waals surface area contributed by atoms with Gasteiger partial charge in [0.1, 0.15) is 6.04 Å². The zero-order valence-electron chi connectivity index (χ0n) is 19.2. The van der Waals surface area contributed by atoms with Gasteiger partial charge in [-0.1, -0.05) is 45.0 Å². The number of amides is 2. The number of fused-ring (bicyclic) bond motifs is 1. The molecular formula is C26H31N3O2S. The van der Waals surface area contributed by atoms with E-state index in [-0.39, 0.29) is 23.1 Å². The molecule has 0 unspecified atom stereocenters. The van der Waals surface area contributed by atoms with Crippen molar-refractivity contribution in [3.8, 4) is 0 Å². The third-order valence-electron chi connectivity index (χ3n) is 6.12. The van der Waals surface area contributed by atoms with Crippen molar-refractivity contribution >= 4 is 33.4 Å². The van der Waals surface area contributed by atoms with Crippen LogP contribution in [0.4, 0.5) is 0 Å². The average molecular weight is 450 g/mol. The van der Waals surface area contributed by atoms with Crippen LogP contribution in [0.1, 0.15) is 67.4 Å². The number of para-hydroxylation sites is 1. The molecule has 32 heavy (non-hydrogen) atoms. The summed E-state index contributed by atoms with van der Waals surface area (Å²) in [5.41, 5.74) is 2.80. The summed E-state index contributed by atoms with van der Waals surface area (Å²) in [5.74, 6) is -0.000501. The lowest BCUT2D eigenvalue weighted by molar-refractivity contribution is -0.134. The number of aromatic nitrogens is 1. The molecular weight excluding hydrogens is 418 g/mol. The topological polar surface area (TPSA) is 62.3 Å². The molecule has 0 radical (unpaired) electrons. The SMILES string of the molecule is C[C@@H](NC(=O)c1ccc(C(C)(C)C)cc1)C(=O)N1CCC[C@H](c2nc3ccccc3s2)C1. The largest absolute Gasteiger partial charge is 0.341 e. The first-order valence-electron chi connectivity index (χ1n) is 11.3. The molecule has 0 aliphatic carbocycles. The van der Waals surface area contributed by atoms with Gasteiger partial charge in [-0.05, 0) is 55.0 Å². The zero-order valence-corrected chi connectivity index (χ0v) is 20.0. The van der Waals surface area contributed by atoms with Crippen LogP contribution in [0.25, 0.3) is 10.2 Å². The molecule has 5 nitrogen and oxygen atoms in total. The van der Waals surface area contributed by atoms with Gasteiger partial charge in [-0.25, -0.2) is 4.98 Å². The Balaban J connectivity index is 1.39. The molecule has 0 spiro atoms. The Morgan fingerprint density at radius 1 is 1.12 bits per heavy atom. The molecule has 6 heteroatoms. The van der Waals surface area contributed by atoms with Gasteiger partial charge in [-0.15, -0.1) is 11.3 Å². The summed E-state index contributed by atoms with van der Waals surface area (Å²) in [4.78, 5) is 32.5. The van der Waals surface area contributed by atoms with E-state index in [9.17, 15) is 9.59 Å². The highest BCUT2D eigenvalue weighted by atomic mass is 32.1. The van der Waals surface area contributed by atoms with E-state index in [2.05, 4.69) is 32.2 Å². The first kappa shape index (κ1) is 22.5. The van der Waals surface area contributed by atoms with Crippen LogP contribution in [0.2, 0.25) is 0 Å². The van der Waals surface area contributed by atoms with Gasteiger partial charge in [0, 0.05) is 24.6 Å². The average Bonchev–Trinajstić information content (AvgIpc) is 3.22. The first-order valence-corrected chi connectivity index (χ1v) is 12.1. The van der Waals surface area contributed by atoms with Crippen molar-refractivity contribution < 1.29 is 9.59 Å². The van der Waals surface area contributed by atoms with E-state index in [1.54, 1.807) is 18.3 Å². The number of rotatable bonds is 4. The summed E-state index contributed by atoms with van der Waals surface area (Å²) in [6.07, 6.45) is 1.98. The standard InChI is InChI=1S/C26H31N3O2S/c1-17(27-23(30)18-11-13-20(14-12-18)26(2,3)4)25(31)29-15-7-8-19(16-29)24-28-21-9-5-6-10-22(21)32-24/h5-6,9-14,17,19H,7-8,15-16H2,1-4H3,(H,27,30)/t17-,19+/m1/s1. The van der Waals surface area contributed by atoms with Crippen molar-refractivity contribution in [3.63, 3.8) is 0 Å². The maximum Gasteiger partial charge on any atom is 0.251 e. The van der Waals surface area contributed by atoms with Gasteiger partial charge in [0.15, 0.2) is 0 Å². The van der Waals surface area contributed by atoms with Gasteiger partial charge in [0.2, 0.25) is 5.91 Å². The Morgan fingerprint density at radius 2 is 1.84 bits per heavy atom. The lowest BCUT2D eigenvalue weighted by Crippen LogP contribution is -2.49. The van der Waals surface area contributed by atoms with Crippen LogP contribution in [0.5, 0.6) is 0 Å². The van der Waals surface area contributed by atoms with Crippen LogP contribution in [-0.2, 0) is 10.2 Å². The van der Waals surface area contributed by atoms with Crippen LogP contribution in [0.3, 0.4) is 0 Å². The smallest absolute Gasteiger partial charge is 0.251 e. The molecule has 1 saturated heterocycles. The molecule has 1 N–H and O–H groups in total. The van der Waals surface area contributed by atoms with E-state index in [0.29, 0.717) is 12.1 Å².